The predicted octanol–water partition coefficient (Wildman–Crippen LogP) is 20.1. The summed E-state index contributed by atoms with van der Waals surface area (Å²) in [6.45, 7) is 6.81. The molecule has 1 amide bonds. The molecule has 0 fully saturated rings. The number of quaternary nitrogens is 1. The zero-order valence-corrected chi connectivity index (χ0v) is 52.9. The number of nitrogens with one attached hydrogen (secondary N) is 1. The summed E-state index contributed by atoms with van der Waals surface area (Å²) in [5, 5.41) is 3.03. The van der Waals surface area contributed by atoms with Crippen LogP contribution in [-0.4, -0.2) is 74.3 Å². The lowest BCUT2D eigenvalue weighted by molar-refractivity contribution is -0.870. The van der Waals surface area contributed by atoms with Crippen molar-refractivity contribution in [3.8, 4) is 0 Å². The molecule has 0 rings (SSSR count). The molecule has 0 heterocycles. The molecule has 0 bridgehead atoms. The van der Waals surface area contributed by atoms with Gasteiger partial charge in [-0.25, -0.2) is 4.57 Å². The summed E-state index contributed by atoms with van der Waals surface area (Å²) in [5.74, 6) is -0.586. The lowest BCUT2D eigenvalue weighted by atomic mass is 10.0. The molecule has 0 aliphatic heterocycles. The number of likely N-dealkylation sites (N-methyl/N-ethyl adjacent to an activating group) is 1. The Hall–Kier alpha value is -3.85. The van der Waals surface area contributed by atoms with Gasteiger partial charge in [0.2, 0.25) is 5.91 Å². The smallest absolute Gasteiger partial charge is 0.456 e. The molecule has 456 valence electrons. The number of nitrogens with zero attached hydrogens (tertiary/aromatic N) is 1. The van der Waals surface area contributed by atoms with Crippen LogP contribution >= 0.6 is 7.82 Å². The van der Waals surface area contributed by atoms with Crippen LogP contribution in [0.4, 0.5) is 0 Å². The summed E-state index contributed by atoms with van der Waals surface area (Å²) in [7, 11) is 1.44. The van der Waals surface area contributed by atoms with Crippen molar-refractivity contribution < 1.29 is 37.3 Å². The van der Waals surface area contributed by atoms with Gasteiger partial charge in [-0.05, 0) is 128 Å². The van der Waals surface area contributed by atoms with E-state index in [1.165, 1.54) is 77.0 Å². The van der Waals surface area contributed by atoms with Gasteiger partial charge in [0, 0.05) is 12.8 Å². The first-order chi connectivity index (χ1) is 38.9. The van der Waals surface area contributed by atoms with Gasteiger partial charge < -0.3 is 19.4 Å². The van der Waals surface area contributed by atoms with Gasteiger partial charge in [-0.15, -0.1) is 0 Å². The maximum Gasteiger partial charge on any atom is 0.472 e. The van der Waals surface area contributed by atoms with E-state index in [-0.39, 0.29) is 31.5 Å². The molecule has 0 saturated heterocycles. The number of allylic oxidation sites excluding steroid dienone is 21. The lowest BCUT2D eigenvalue weighted by Crippen LogP contribution is -2.47. The summed E-state index contributed by atoms with van der Waals surface area (Å²) in [4.78, 5) is 37.8. The highest BCUT2D eigenvalue weighted by molar-refractivity contribution is 7.47. The minimum atomic E-state index is -4.48. The second-order valence-corrected chi connectivity index (χ2v) is 23.6. The number of unbranched alkanes of at least 4 members (excludes halogenated alkanes) is 20. The molecule has 0 aliphatic rings. The summed E-state index contributed by atoms with van der Waals surface area (Å²) >= 11 is 0. The van der Waals surface area contributed by atoms with Crippen LogP contribution in [0.5, 0.6) is 0 Å². The largest absolute Gasteiger partial charge is 0.472 e. The molecule has 0 aliphatic carbocycles. The van der Waals surface area contributed by atoms with Crippen molar-refractivity contribution >= 4 is 19.7 Å². The number of rotatable bonds is 56. The molecule has 9 nitrogen and oxygen atoms in total. The van der Waals surface area contributed by atoms with Crippen molar-refractivity contribution in [1.82, 2.24) is 5.32 Å². The van der Waals surface area contributed by atoms with Gasteiger partial charge in [0.15, 0.2) is 0 Å². The number of hydrogen-bond acceptors (Lipinski definition) is 6. The third kappa shape index (κ3) is 58.8. The minimum Gasteiger partial charge on any atom is -0.456 e. The Morgan fingerprint density at radius 1 is 0.450 bits per heavy atom. The summed E-state index contributed by atoms with van der Waals surface area (Å²) in [6, 6.07) is -0.887. The number of phosphoric ester groups is 1. The summed E-state index contributed by atoms with van der Waals surface area (Å²) in [6.07, 6.45) is 83.1. The predicted molar refractivity (Wildman–Crippen MR) is 346 cm³/mol. The summed E-state index contributed by atoms with van der Waals surface area (Å²) < 4.78 is 30.7. The van der Waals surface area contributed by atoms with Crippen LogP contribution in [0.1, 0.15) is 245 Å². The minimum absolute atomic E-state index is 0.0214. The number of amides is 1. The first-order valence-electron chi connectivity index (χ1n) is 32.0. The normalized spacial score (nSPS) is 14.5. The fraction of sp³-hybridized carbons (Fsp3) is 0.657. The quantitative estimate of drug-likeness (QED) is 0.0205. The molecule has 0 saturated carbocycles. The maximum atomic E-state index is 13.6. The standard InChI is InChI=1S/C70H119N2O7P/c1-7-10-13-16-19-22-25-28-30-32-34-36-38-40-42-44-47-50-53-56-59-62-69(73)71-67(66-78-80(75,76)77-65-64-72(4,5)6)68(61-58-55-52-49-46-27-24-21-18-15-12-9-3)79-70(74)63-60-57-54-51-48-45-43-41-39-37-35-33-31-29-26-23-20-17-14-11-8-2/h11,14,19-20,22-23,28-31,34-37,40-43,48,51,58,61,67-68H,7-10,12-13,15-18,21,24-27,32-33,38-39,44-47,49-50,52-57,59-60,62-66H2,1-6H3,(H-,71,73,75,76)/p+1/b14-11-,22-19-,23-20-,30-28-,31-29-,36-34-,37-35-,42-40-,43-41-,51-48-,61-58+. The number of hydrogen-bond donors (Lipinski definition) is 2. The fourth-order valence-corrected chi connectivity index (χ4v) is 9.13. The molecule has 10 heteroatoms. The van der Waals surface area contributed by atoms with E-state index in [0.29, 0.717) is 30.3 Å². The van der Waals surface area contributed by atoms with Crippen LogP contribution in [0.25, 0.3) is 0 Å². The van der Waals surface area contributed by atoms with Gasteiger partial charge in [0.25, 0.3) is 0 Å². The highest BCUT2D eigenvalue weighted by Crippen LogP contribution is 2.43. The zero-order valence-electron chi connectivity index (χ0n) is 52.0. The Balaban J connectivity index is 5.36. The molecule has 80 heavy (non-hydrogen) atoms. The van der Waals surface area contributed by atoms with Crippen molar-refractivity contribution in [2.45, 2.75) is 258 Å². The number of ether oxygens (including phenoxy) is 1. The number of carbonyl (C=O) groups excluding carboxylic acids is 2. The highest BCUT2D eigenvalue weighted by atomic mass is 31.2. The van der Waals surface area contributed by atoms with E-state index in [4.69, 9.17) is 13.8 Å². The van der Waals surface area contributed by atoms with E-state index in [1.807, 2.05) is 33.3 Å². The van der Waals surface area contributed by atoms with Crippen LogP contribution in [0.2, 0.25) is 0 Å². The maximum absolute atomic E-state index is 13.6. The third-order valence-electron chi connectivity index (χ3n) is 13.3. The van der Waals surface area contributed by atoms with Crippen molar-refractivity contribution in [3.05, 3.63) is 134 Å². The molecule has 0 aromatic carbocycles. The third-order valence-corrected chi connectivity index (χ3v) is 14.3. The van der Waals surface area contributed by atoms with Crippen molar-refractivity contribution in [3.63, 3.8) is 0 Å². The van der Waals surface area contributed by atoms with Crippen LogP contribution < -0.4 is 5.32 Å². The second kappa shape index (κ2) is 58.4. The van der Waals surface area contributed by atoms with Crippen molar-refractivity contribution in [2.75, 3.05) is 40.9 Å². The number of esters is 1. The van der Waals surface area contributed by atoms with E-state index in [1.54, 1.807) is 0 Å². The summed E-state index contributed by atoms with van der Waals surface area (Å²) in [5.41, 5.74) is 0. The fourth-order valence-electron chi connectivity index (χ4n) is 8.40. The number of carbonyl (C=O) groups is 2. The highest BCUT2D eigenvalue weighted by Gasteiger charge is 2.30. The van der Waals surface area contributed by atoms with Crippen molar-refractivity contribution in [1.29, 1.82) is 0 Å². The Labute approximate surface area is 492 Å². The Morgan fingerprint density at radius 2 is 0.800 bits per heavy atom. The average Bonchev–Trinajstić information content (AvgIpc) is 3.42. The molecule has 0 radical (unpaired) electrons. The molecule has 3 unspecified atom stereocenters. The van der Waals surface area contributed by atoms with E-state index >= 15 is 0 Å². The Kier molecular flexibility index (Phi) is 55.5. The van der Waals surface area contributed by atoms with Crippen LogP contribution in [0, 0.1) is 0 Å². The monoisotopic (exact) mass is 1130 g/mol. The Bertz CT molecular complexity index is 1830. The molecule has 0 aromatic heterocycles. The SMILES string of the molecule is CC/C=C\C/C=C\C/C=C\C/C=C\C/C=C\C/C=C\CCCCC(=O)OC(/C=C/CCCCCCCCCCCC)C(COP(=O)(O)OCC[N+](C)(C)C)NC(=O)CCCCCCC/C=C\C/C=C\C/C=C\C/C=C\CCCCC. The van der Waals surface area contributed by atoms with Crippen LogP contribution in [0.3, 0.4) is 0 Å². The lowest BCUT2D eigenvalue weighted by Gasteiger charge is -2.27. The first-order valence-corrected chi connectivity index (χ1v) is 33.5. The zero-order chi connectivity index (χ0) is 58.6. The van der Waals surface area contributed by atoms with E-state index in [9.17, 15) is 19.0 Å². The molecule has 2 N–H and O–H groups in total. The van der Waals surface area contributed by atoms with Gasteiger partial charge in [0.1, 0.15) is 19.3 Å². The van der Waals surface area contributed by atoms with Crippen molar-refractivity contribution in [2.24, 2.45) is 0 Å². The van der Waals surface area contributed by atoms with E-state index < -0.39 is 20.0 Å². The first kappa shape index (κ1) is 76.1. The van der Waals surface area contributed by atoms with Gasteiger partial charge in [-0.3, -0.25) is 18.6 Å². The Morgan fingerprint density at radius 3 is 1.24 bits per heavy atom. The van der Waals surface area contributed by atoms with E-state index in [2.05, 4.69) is 148 Å². The topological polar surface area (TPSA) is 111 Å². The van der Waals surface area contributed by atoms with Crippen LogP contribution in [-0.2, 0) is 27.9 Å². The van der Waals surface area contributed by atoms with Gasteiger partial charge in [0.05, 0.1) is 33.8 Å². The molecular weight excluding hydrogens is 1010 g/mol. The molecule has 3 atom stereocenters. The molecule has 0 aromatic rings. The second-order valence-electron chi connectivity index (χ2n) is 22.2. The average molecular weight is 1130 g/mol. The van der Waals surface area contributed by atoms with Gasteiger partial charge in [-0.1, -0.05) is 238 Å². The van der Waals surface area contributed by atoms with Crippen LogP contribution in [0.15, 0.2) is 134 Å². The van der Waals surface area contributed by atoms with E-state index in [0.717, 1.165) is 122 Å². The number of phosphoric acid groups is 1. The van der Waals surface area contributed by atoms with Gasteiger partial charge in [-0.2, -0.15) is 0 Å². The molecular formula is C70H120N2O7P+. The molecule has 0 spiro atoms. The van der Waals surface area contributed by atoms with Gasteiger partial charge >= 0.3 is 13.8 Å².